The molecule has 0 unspecified atom stereocenters. The number of benzene rings is 4. The zero-order valence-electron chi connectivity index (χ0n) is 22.6. The molecule has 0 saturated heterocycles. The molecular weight excluding hydrogens is 482 g/mol. The fourth-order valence-corrected chi connectivity index (χ4v) is 5.17. The van der Waals surface area contributed by atoms with E-state index in [1.54, 1.807) is 0 Å². The number of amides is 2. The normalized spacial score (nSPS) is 12.8. The Hall–Kier alpha value is -4.38. The molecule has 0 aliphatic carbocycles. The maximum absolute atomic E-state index is 13.7. The predicted molar refractivity (Wildman–Crippen MR) is 158 cm³/mol. The Morgan fingerprint density at radius 3 is 2.05 bits per heavy atom. The lowest BCUT2D eigenvalue weighted by atomic mass is 9.90. The minimum atomic E-state index is -0.469. The van der Waals surface area contributed by atoms with Crippen LogP contribution in [0.25, 0.3) is 0 Å². The monoisotopic (exact) mass is 517 g/mol. The van der Waals surface area contributed by atoms with E-state index in [2.05, 4.69) is 53.6 Å². The van der Waals surface area contributed by atoms with Crippen LogP contribution in [0.4, 0.5) is 11.4 Å². The standard InChI is InChI=1S/C34H35N3O2/c1-24(2)22-35-33(38)30-21-29(17-18-31(30)37-20-19-25-11-9-10-16-28(25)23-37)36-34(39)32(26-12-5-3-6-13-26)27-14-7-4-8-15-27/h3-18,21,24,32H,19-20,22-23H2,1-2H3,(H,35,38)(H,36,39). The van der Waals surface area contributed by atoms with E-state index in [9.17, 15) is 9.59 Å². The number of nitrogens with zero attached hydrogens (tertiary/aromatic N) is 1. The van der Waals surface area contributed by atoms with Crippen molar-refractivity contribution in [2.24, 2.45) is 5.92 Å². The lowest BCUT2D eigenvalue weighted by Crippen LogP contribution is -2.34. The van der Waals surface area contributed by atoms with Crippen molar-refractivity contribution in [2.75, 3.05) is 23.3 Å². The van der Waals surface area contributed by atoms with E-state index >= 15 is 0 Å². The fourth-order valence-electron chi connectivity index (χ4n) is 5.17. The summed E-state index contributed by atoms with van der Waals surface area (Å²) in [6, 6.07) is 33.7. The van der Waals surface area contributed by atoms with Crippen LogP contribution in [0.3, 0.4) is 0 Å². The summed E-state index contributed by atoms with van der Waals surface area (Å²) in [5, 5.41) is 6.18. The first-order valence-electron chi connectivity index (χ1n) is 13.6. The van der Waals surface area contributed by atoms with Crippen LogP contribution in [-0.2, 0) is 17.8 Å². The van der Waals surface area contributed by atoms with Gasteiger partial charge in [0.25, 0.3) is 5.91 Å². The SMILES string of the molecule is CC(C)CNC(=O)c1cc(NC(=O)C(c2ccccc2)c2ccccc2)ccc1N1CCc2ccccc2C1. The number of anilines is 2. The van der Waals surface area contributed by atoms with Crippen LogP contribution in [-0.4, -0.2) is 24.9 Å². The van der Waals surface area contributed by atoms with Crippen molar-refractivity contribution in [3.05, 3.63) is 131 Å². The molecule has 5 heteroatoms. The van der Waals surface area contributed by atoms with Crippen molar-refractivity contribution in [1.82, 2.24) is 5.32 Å². The first-order chi connectivity index (χ1) is 19.0. The second kappa shape index (κ2) is 12.0. The van der Waals surface area contributed by atoms with Gasteiger partial charge < -0.3 is 15.5 Å². The van der Waals surface area contributed by atoms with Gasteiger partial charge in [0.15, 0.2) is 0 Å². The Kier molecular flexibility index (Phi) is 8.07. The van der Waals surface area contributed by atoms with Crippen molar-refractivity contribution in [2.45, 2.75) is 32.7 Å². The van der Waals surface area contributed by atoms with Crippen molar-refractivity contribution < 1.29 is 9.59 Å². The van der Waals surface area contributed by atoms with Gasteiger partial charge in [-0.1, -0.05) is 98.8 Å². The smallest absolute Gasteiger partial charge is 0.253 e. The summed E-state index contributed by atoms with van der Waals surface area (Å²) in [5.74, 6) is -0.402. The van der Waals surface area contributed by atoms with Gasteiger partial charge in [0.2, 0.25) is 5.91 Å². The summed E-state index contributed by atoms with van der Waals surface area (Å²) < 4.78 is 0. The van der Waals surface area contributed by atoms with Gasteiger partial charge in [0.1, 0.15) is 0 Å². The third-order valence-corrected chi connectivity index (χ3v) is 7.18. The van der Waals surface area contributed by atoms with Crippen LogP contribution in [0, 0.1) is 5.92 Å². The number of nitrogens with one attached hydrogen (secondary N) is 2. The Morgan fingerprint density at radius 1 is 0.795 bits per heavy atom. The topological polar surface area (TPSA) is 61.4 Å². The molecule has 0 bridgehead atoms. The van der Waals surface area contributed by atoms with Gasteiger partial charge in [-0.3, -0.25) is 9.59 Å². The number of carbonyl (C=O) groups is 2. The summed E-state index contributed by atoms with van der Waals surface area (Å²) in [6.45, 7) is 6.31. The molecule has 0 atom stereocenters. The molecule has 0 fully saturated rings. The average molecular weight is 518 g/mol. The van der Waals surface area contributed by atoms with Gasteiger partial charge in [-0.05, 0) is 52.8 Å². The van der Waals surface area contributed by atoms with E-state index in [0.29, 0.717) is 23.7 Å². The molecule has 1 heterocycles. The van der Waals surface area contributed by atoms with Gasteiger partial charge >= 0.3 is 0 Å². The third-order valence-electron chi connectivity index (χ3n) is 7.18. The zero-order chi connectivity index (χ0) is 27.2. The second-order valence-electron chi connectivity index (χ2n) is 10.5. The summed E-state index contributed by atoms with van der Waals surface area (Å²) in [6.07, 6.45) is 0.928. The summed E-state index contributed by atoms with van der Waals surface area (Å²) in [7, 11) is 0. The average Bonchev–Trinajstić information content (AvgIpc) is 2.97. The van der Waals surface area contributed by atoms with Crippen molar-refractivity contribution in [1.29, 1.82) is 0 Å². The predicted octanol–water partition coefficient (Wildman–Crippen LogP) is 6.41. The van der Waals surface area contributed by atoms with Crippen molar-refractivity contribution >= 4 is 23.2 Å². The highest BCUT2D eigenvalue weighted by molar-refractivity contribution is 6.03. The highest BCUT2D eigenvalue weighted by Gasteiger charge is 2.25. The lowest BCUT2D eigenvalue weighted by Gasteiger charge is -2.32. The van der Waals surface area contributed by atoms with Crippen molar-refractivity contribution in [3.63, 3.8) is 0 Å². The minimum absolute atomic E-state index is 0.128. The van der Waals surface area contributed by atoms with Gasteiger partial charge in [-0.15, -0.1) is 0 Å². The largest absolute Gasteiger partial charge is 0.366 e. The van der Waals surface area contributed by atoms with Crippen LogP contribution >= 0.6 is 0 Å². The maximum atomic E-state index is 13.7. The molecule has 0 spiro atoms. The molecule has 4 aromatic carbocycles. The Balaban J connectivity index is 1.45. The first kappa shape index (κ1) is 26.2. The molecule has 5 nitrogen and oxygen atoms in total. The molecule has 0 radical (unpaired) electrons. The highest BCUT2D eigenvalue weighted by Crippen LogP contribution is 2.31. The maximum Gasteiger partial charge on any atom is 0.253 e. The van der Waals surface area contributed by atoms with Crippen LogP contribution in [0.1, 0.15) is 52.4 Å². The number of hydrogen-bond acceptors (Lipinski definition) is 3. The lowest BCUT2D eigenvalue weighted by molar-refractivity contribution is -0.116. The summed E-state index contributed by atoms with van der Waals surface area (Å²) in [5.41, 5.74) is 6.53. The zero-order valence-corrected chi connectivity index (χ0v) is 22.6. The second-order valence-corrected chi connectivity index (χ2v) is 10.5. The van der Waals surface area contributed by atoms with Crippen LogP contribution < -0.4 is 15.5 Å². The van der Waals surface area contributed by atoms with Gasteiger partial charge in [0.05, 0.1) is 11.5 Å². The fraction of sp³-hybridized carbons (Fsp3) is 0.235. The number of rotatable bonds is 8. The molecule has 1 aliphatic rings. The first-order valence-corrected chi connectivity index (χ1v) is 13.6. The van der Waals surface area contributed by atoms with E-state index in [-0.39, 0.29) is 11.8 Å². The van der Waals surface area contributed by atoms with Gasteiger partial charge in [-0.25, -0.2) is 0 Å². The van der Waals surface area contributed by atoms with E-state index < -0.39 is 5.92 Å². The number of carbonyl (C=O) groups excluding carboxylic acids is 2. The molecule has 39 heavy (non-hydrogen) atoms. The van der Waals surface area contributed by atoms with E-state index in [1.807, 2.05) is 78.9 Å². The molecule has 2 N–H and O–H groups in total. The Labute approximate surface area is 230 Å². The highest BCUT2D eigenvalue weighted by atomic mass is 16.2. The van der Waals surface area contributed by atoms with E-state index in [1.165, 1.54) is 11.1 Å². The van der Waals surface area contributed by atoms with Gasteiger partial charge in [-0.2, -0.15) is 0 Å². The van der Waals surface area contributed by atoms with Gasteiger partial charge in [0, 0.05) is 31.0 Å². The molecule has 198 valence electrons. The van der Waals surface area contributed by atoms with E-state index in [0.717, 1.165) is 36.3 Å². The minimum Gasteiger partial charge on any atom is -0.366 e. The molecule has 4 aromatic rings. The Bertz CT molecular complexity index is 1390. The Morgan fingerprint density at radius 2 is 1.41 bits per heavy atom. The molecule has 2 amide bonds. The number of fused-ring (bicyclic) bond motifs is 1. The third kappa shape index (κ3) is 6.20. The number of hydrogen-bond donors (Lipinski definition) is 2. The van der Waals surface area contributed by atoms with Crippen LogP contribution in [0.2, 0.25) is 0 Å². The molecule has 0 aromatic heterocycles. The van der Waals surface area contributed by atoms with Crippen LogP contribution in [0.15, 0.2) is 103 Å². The van der Waals surface area contributed by atoms with Crippen molar-refractivity contribution in [3.8, 4) is 0 Å². The molecular formula is C34H35N3O2. The molecule has 5 rings (SSSR count). The quantitative estimate of drug-likeness (QED) is 0.284. The molecule has 1 aliphatic heterocycles. The van der Waals surface area contributed by atoms with E-state index in [4.69, 9.17) is 0 Å². The van der Waals surface area contributed by atoms with Crippen LogP contribution in [0.5, 0.6) is 0 Å². The molecule has 0 saturated carbocycles. The summed E-state index contributed by atoms with van der Waals surface area (Å²) >= 11 is 0. The summed E-state index contributed by atoms with van der Waals surface area (Å²) in [4.78, 5) is 29.4.